The van der Waals surface area contributed by atoms with Crippen LogP contribution in [0.2, 0.25) is 0 Å². The molecule has 138 valence electrons. The van der Waals surface area contributed by atoms with Crippen LogP contribution in [0.4, 0.5) is 14.9 Å². The molecule has 0 spiro atoms. The van der Waals surface area contributed by atoms with Gasteiger partial charge in [0.15, 0.2) is 0 Å². The van der Waals surface area contributed by atoms with E-state index in [9.17, 15) is 17.6 Å². The Bertz CT molecular complexity index is 886. The third-order valence-corrected chi connectivity index (χ3v) is 5.44. The van der Waals surface area contributed by atoms with Crippen LogP contribution in [0.3, 0.4) is 0 Å². The van der Waals surface area contributed by atoms with Gasteiger partial charge in [0, 0.05) is 32.0 Å². The van der Waals surface area contributed by atoms with Crippen molar-refractivity contribution in [3.05, 3.63) is 60.2 Å². The van der Waals surface area contributed by atoms with Crippen LogP contribution in [0.5, 0.6) is 0 Å². The van der Waals surface area contributed by atoms with E-state index in [1.165, 1.54) is 27.4 Å². The van der Waals surface area contributed by atoms with E-state index in [-0.39, 0.29) is 31.4 Å². The number of carbonyl (C=O) groups is 1. The summed E-state index contributed by atoms with van der Waals surface area (Å²) in [5.74, 6) is -0.521. The molecule has 0 aliphatic carbocycles. The van der Waals surface area contributed by atoms with E-state index < -0.39 is 21.9 Å². The lowest BCUT2D eigenvalue weighted by Gasteiger charge is -2.44. The number of hydrogen-bond acceptors (Lipinski definition) is 4. The van der Waals surface area contributed by atoms with Gasteiger partial charge in [-0.25, -0.2) is 17.6 Å². The molecule has 26 heavy (non-hydrogen) atoms. The molecule has 3 rings (SSSR count). The molecule has 1 aromatic carbocycles. The Balaban J connectivity index is 1.62. The van der Waals surface area contributed by atoms with Crippen molar-refractivity contribution < 1.29 is 17.6 Å². The van der Waals surface area contributed by atoms with Gasteiger partial charge in [0.1, 0.15) is 5.82 Å². The third-order valence-electron chi connectivity index (χ3n) is 4.16. The van der Waals surface area contributed by atoms with E-state index in [1.54, 1.807) is 30.6 Å². The molecule has 1 aromatic heterocycles. The number of pyridine rings is 1. The van der Waals surface area contributed by atoms with Gasteiger partial charge in [-0.15, -0.1) is 0 Å². The number of benzene rings is 1. The lowest BCUT2D eigenvalue weighted by atomic mass is 10.1. The summed E-state index contributed by atoms with van der Waals surface area (Å²) in [4.78, 5) is 17.6. The molecular weight excluding hydrogens is 359 g/mol. The van der Waals surface area contributed by atoms with Crippen LogP contribution in [0.25, 0.3) is 0 Å². The van der Waals surface area contributed by atoms with Crippen molar-refractivity contribution in [2.45, 2.75) is 12.6 Å². The maximum atomic E-state index is 13.6. The number of rotatable bonds is 5. The van der Waals surface area contributed by atoms with Gasteiger partial charge in [0.05, 0.1) is 18.0 Å². The van der Waals surface area contributed by atoms with Crippen molar-refractivity contribution in [2.24, 2.45) is 0 Å². The Labute approximate surface area is 151 Å². The summed E-state index contributed by atoms with van der Waals surface area (Å²) < 4.78 is 39.2. The van der Waals surface area contributed by atoms with Gasteiger partial charge in [0.25, 0.3) is 0 Å². The van der Waals surface area contributed by atoms with Crippen molar-refractivity contribution in [3.63, 3.8) is 0 Å². The van der Waals surface area contributed by atoms with E-state index in [4.69, 9.17) is 0 Å². The molecule has 2 heterocycles. The van der Waals surface area contributed by atoms with Gasteiger partial charge < -0.3 is 10.2 Å². The van der Waals surface area contributed by atoms with Crippen molar-refractivity contribution in [1.29, 1.82) is 0 Å². The number of sulfonamides is 1. The molecule has 0 bridgehead atoms. The largest absolute Gasteiger partial charge is 0.322 e. The van der Waals surface area contributed by atoms with Crippen LogP contribution in [0.1, 0.15) is 5.56 Å². The number of nitrogens with zero attached hydrogens (tertiary/aromatic N) is 3. The highest BCUT2D eigenvalue weighted by molar-refractivity contribution is 7.88. The third kappa shape index (κ3) is 4.17. The van der Waals surface area contributed by atoms with Crippen molar-refractivity contribution in [2.75, 3.05) is 24.7 Å². The first kappa shape index (κ1) is 18.3. The van der Waals surface area contributed by atoms with Crippen molar-refractivity contribution in [1.82, 2.24) is 14.2 Å². The first-order valence-corrected chi connectivity index (χ1v) is 9.85. The van der Waals surface area contributed by atoms with Crippen molar-refractivity contribution >= 4 is 21.7 Å². The highest BCUT2D eigenvalue weighted by atomic mass is 32.2. The van der Waals surface area contributed by atoms with Crippen molar-refractivity contribution in [3.8, 4) is 0 Å². The van der Waals surface area contributed by atoms with Gasteiger partial charge in [-0.05, 0) is 23.8 Å². The minimum Gasteiger partial charge on any atom is -0.321 e. The summed E-state index contributed by atoms with van der Waals surface area (Å²) in [5, 5.41) is 2.49. The number of anilines is 1. The molecule has 1 saturated heterocycles. The number of halogens is 1. The van der Waals surface area contributed by atoms with Crippen LogP contribution in [-0.2, 0) is 16.6 Å². The second-order valence-electron chi connectivity index (χ2n) is 6.14. The highest BCUT2D eigenvalue weighted by Gasteiger charge is 2.39. The summed E-state index contributed by atoms with van der Waals surface area (Å²) in [6.45, 7) is 0.682. The summed E-state index contributed by atoms with van der Waals surface area (Å²) in [5.41, 5.74) is 0.864. The molecule has 1 N–H and O–H groups in total. The standard InChI is InChI=1S/C17H19FN4O3S/c1-26(24,25)22(10-13-5-4-8-19-9-13)14-11-21(12-14)17(23)20-16-7-3-2-6-15(16)18/h2-9,14H,10-12H2,1H3,(H,20,23). The molecule has 1 aliphatic rings. The zero-order valence-electron chi connectivity index (χ0n) is 14.2. The average molecular weight is 378 g/mol. The number of para-hydroxylation sites is 1. The van der Waals surface area contributed by atoms with E-state index >= 15 is 0 Å². The lowest BCUT2D eigenvalue weighted by molar-refractivity contribution is 0.106. The molecule has 0 saturated carbocycles. The number of carbonyl (C=O) groups excluding carboxylic acids is 1. The molecule has 0 radical (unpaired) electrons. The fourth-order valence-corrected chi connectivity index (χ4v) is 3.81. The molecule has 1 fully saturated rings. The Hall–Kier alpha value is -2.52. The molecule has 2 amide bonds. The summed E-state index contributed by atoms with van der Waals surface area (Å²) in [6, 6.07) is 8.64. The normalized spacial score (nSPS) is 15.0. The van der Waals surface area contributed by atoms with E-state index in [1.807, 2.05) is 0 Å². The monoisotopic (exact) mass is 378 g/mol. The van der Waals surface area contributed by atoms with Crippen LogP contribution < -0.4 is 5.32 Å². The highest BCUT2D eigenvalue weighted by Crippen LogP contribution is 2.22. The van der Waals surface area contributed by atoms with E-state index in [0.717, 1.165) is 11.8 Å². The molecule has 1 aliphatic heterocycles. The van der Waals surface area contributed by atoms with Gasteiger partial charge in [-0.3, -0.25) is 4.98 Å². The number of amides is 2. The first-order chi connectivity index (χ1) is 12.3. The quantitative estimate of drug-likeness (QED) is 0.861. The lowest BCUT2D eigenvalue weighted by Crippen LogP contribution is -2.62. The Morgan fingerprint density at radius 2 is 2.04 bits per heavy atom. The number of hydrogen-bond donors (Lipinski definition) is 1. The smallest absolute Gasteiger partial charge is 0.321 e. The SMILES string of the molecule is CS(=O)(=O)N(Cc1cccnc1)C1CN(C(=O)Nc2ccccc2F)C1. The number of urea groups is 1. The molecule has 0 atom stereocenters. The molecule has 7 nitrogen and oxygen atoms in total. The number of nitrogens with one attached hydrogen (secondary N) is 1. The Kier molecular flexibility index (Phi) is 5.19. The second kappa shape index (κ2) is 7.38. The maximum Gasteiger partial charge on any atom is 0.322 e. The minimum absolute atomic E-state index is 0.0938. The van der Waals surface area contributed by atoms with Gasteiger partial charge in [-0.2, -0.15) is 4.31 Å². The van der Waals surface area contributed by atoms with E-state index in [2.05, 4.69) is 10.3 Å². The van der Waals surface area contributed by atoms with Gasteiger partial charge >= 0.3 is 6.03 Å². The van der Waals surface area contributed by atoms with Crippen LogP contribution in [0, 0.1) is 5.82 Å². The first-order valence-electron chi connectivity index (χ1n) is 8.01. The van der Waals surface area contributed by atoms with E-state index in [0.29, 0.717) is 0 Å². The number of likely N-dealkylation sites (tertiary alicyclic amines) is 1. The molecule has 0 unspecified atom stereocenters. The predicted octanol–water partition coefficient (Wildman–Crippen LogP) is 1.90. The predicted molar refractivity (Wildman–Crippen MR) is 95.4 cm³/mol. The molecular formula is C17H19FN4O3S. The maximum absolute atomic E-state index is 13.6. The Morgan fingerprint density at radius 3 is 2.65 bits per heavy atom. The number of aromatic nitrogens is 1. The molecule has 9 heteroatoms. The molecule has 2 aromatic rings. The Morgan fingerprint density at radius 1 is 1.31 bits per heavy atom. The van der Waals surface area contributed by atoms with Crippen LogP contribution >= 0.6 is 0 Å². The van der Waals surface area contributed by atoms with Crippen LogP contribution in [-0.4, -0.2) is 54.0 Å². The summed E-state index contributed by atoms with van der Waals surface area (Å²) in [7, 11) is -3.45. The van der Waals surface area contributed by atoms with Gasteiger partial charge in [0.2, 0.25) is 10.0 Å². The summed E-state index contributed by atoms with van der Waals surface area (Å²) in [6.07, 6.45) is 4.37. The zero-order chi connectivity index (χ0) is 18.7. The van der Waals surface area contributed by atoms with Crippen LogP contribution in [0.15, 0.2) is 48.8 Å². The zero-order valence-corrected chi connectivity index (χ0v) is 15.0. The van der Waals surface area contributed by atoms with Gasteiger partial charge in [-0.1, -0.05) is 18.2 Å². The fraction of sp³-hybridized carbons (Fsp3) is 0.294. The second-order valence-corrected chi connectivity index (χ2v) is 8.07. The summed E-state index contributed by atoms with van der Waals surface area (Å²) >= 11 is 0. The topological polar surface area (TPSA) is 82.6 Å². The minimum atomic E-state index is -3.45. The fourth-order valence-electron chi connectivity index (χ4n) is 2.75. The average Bonchev–Trinajstić information content (AvgIpc) is 2.55.